The second-order valence-electron chi connectivity index (χ2n) is 3.82. The molecule has 1 aliphatic heterocycles. The Balaban J connectivity index is 2.50. The average Bonchev–Trinajstić information content (AvgIpc) is 2.64. The van der Waals surface area contributed by atoms with Crippen LogP contribution in [0.5, 0.6) is 0 Å². The molecule has 0 aromatic heterocycles. The summed E-state index contributed by atoms with van der Waals surface area (Å²) in [5, 5.41) is 2.87. The number of hydrogen-bond acceptors (Lipinski definition) is 4. The van der Waals surface area contributed by atoms with Gasteiger partial charge in [0.1, 0.15) is 12.2 Å². The van der Waals surface area contributed by atoms with Gasteiger partial charge in [-0.2, -0.15) is 0 Å². The minimum absolute atomic E-state index is 0.0192. The molecule has 0 aromatic rings. The summed E-state index contributed by atoms with van der Waals surface area (Å²) >= 11 is 0. The van der Waals surface area contributed by atoms with Gasteiger partial charge in [-0.1, -0.05) is 0 Å². The van der Waals surface area contributed by atoms with Crippen molar-refractivity contribution < 1.29 is 14.3 Å². The number of ether oxygens (including phenoxy) is 2. The summed E-state index contributed by atoms with van der Waals surface area (Å²) in [5.41, 5.74) is 0. The van der Waals surface area contributed by atoms with Crippen LogP contribution in [0.25, 0.3) is 0 Å². The zero-order valence-corrected chi connectivity index (χ0v) is 10.4. The van der Waals surface area contributed by atoms with Gasteiger partial charge in [0, 0.05) is 26.3 Å². The summed E-state index contributed by atoms with van der Waals surface area (Å²) in [6.07, 6.45) is 0.0384. The van der Waals surface area contributed by atoms with Crippen molar-refractivity contribution in [1.29, 1.82) is 0 Å². The van der Waals surface area contributed by atoms with Crippen LogP contribution in [-0.2, 0) is 14.3 Å². The molecule has 1 amide bonds. The number of nitrogens with zero attached hydrogens (tertiary/aromatic N) is 1. The molecule has 94 valence electrons. The van der Waals surface area contributed by atoms with Gasteiger partial charge in [-0.05, 0) is 20.9 Å². The fourth-order valence-electron chi connectivity index (χ4n) is 1.96. The molecular weight excluding hydrogens is 208 g/mol. The lowest BCUT2D eigenvalue weighted by molar-refractivity contribution is -0.129. The molecule has 1 fully saturated rings. The largest absolute Gasteiger partial charge is 0.374 e. The first kappa shape index (κ1) is 13.4. The lowest BCUT2D eigenvalue weighted by Gasteiger charge is -2.17. The van der Waals surface area contributed by atoms with Crippen LogP contribution in [0.15, 0.2) is 0 Å². The van der Waals surface area contributed by atoms with E-state index in [0.29, 0.717) is 32.8 Å². The molecule has 1 aliphatic rings. The summed E-state index contributed by atoms with van der Waals surface area (Å²) in [7, 11) is 1.77. The molecule has 16 heavy (non-hydrogen) atoms. The van der Waals surface area contributed by atoms with Gasteiger partial charge in [-0.25, -0.2) is 0 Å². The molecule has 2 unspecified atom stereocenters. The molecule has 0 bridgehead atoms. The third-order valence-corrected chi connectivity index (χ3v) is 2.66. The third kappa shape index (κ3) is 3.43. The molecule has 0 aromatic carbocycles. The second kappa shape index (κ2) is 6.83. The van der Waals surface area contributed by atoms with E-state index in [2.05, 4.69) is 5.32 Å². The first-order valence-electron chi connectivity index (χ1n) is 5.88. The van der Waals surface area contributed by atoms with E-state index in [1.165, 1.54) is 0 Å². The zero-order chi connectivity index (χ0) is 12.0. The maximum atomic E-state index is 11.7. The van der Waals surface area contributed by atoms with E-state index in [9.17, 15) is 4.79 Å². The molecule has 1 saturated heterocycles. The Morgan fingerprint density at radius 2 is 1.75 bits per heavy atom. The van der Waals surface area contributed by atoms with Crippen molar-refractivity contribution in [2.24, 2.45) is 0 Å². The number of amides is 1. The lowest BCUT2D eigenvalue weighted by atomic mass is 10.2. The highest BCUT2D eigenvalue weighted by Crippen LogP contribution is 2.16. The van der Waals surface area contributed by atoms with Crippen LogP contribution >= 0.6 is 0 Å². The van der Waals surface area contributed by atoms with Crippen LogP contribution in [-0.4, -0.2) is 62.9 Å². The van der Waals surface area contributed by atoms with Crippen molar-refractivity contribution in [1.82, 2.24) is 10.2 Å². The molecule has 1 heterocycles. The normalized spacial score (nSPS) is 25.1. The number of carbonyl (C=O) groups is 1. The van der Waals surface area contributed by atoms with Gasteiger partial charge in [-0.3, -0.25) is 4.79 Å². The predicted molar refractivity (Wildman–Crippen MR) is 61.3 cm³/mol. The van der Waals surface area contributed by atoms with Crippen molar-refractivity contribution in [2.75, 3.05) is 39.9 Å². The summed E-state index contributed by atoms with van der Waals surface area (Å²) < 4.78 is 11.2. The summed E-state index contributed by atoms with van der Waals surface area (Å²) in [5.74, 6) is 0.106. The SMILES string of the molecule is CCOC1CN(C(=O)CNC)CC1OCC. The molecule has 5 nitrogen and oxygen atoms in total. The van der Waals surface area contributed by atoms with Crippen molar-refractivity contribution in [3.05, 3.63) is 0 Å². The highest BCUT2D eigenvalue weighted by molar-refractivity contribution is 5.78. The van der Waals surface area contributed by atoms with Crippen LogP contribution in [0.1, 0.15) is 13.8 Å². The van der Waals surface area contributed by atoms with Gasteiger partial charge >= 0.3 is 0 Å². The smallest absolute Gasteiger partial charge is 0.236 e. The van der Waals surface area contributed by atoms with E-state index >= 15 is 0 Å². The van der Waals surface area contributed by atoms with Crippen molar-refractivity contribution in [3.63, 3.8) is 0 Å². The molecule has 2 atom stereocenters. The molecule has 1 N–H and O–H groups in total. The lowest BCUT2D eigenvalue weighted by Crippen LogP contribution is -2.36. The van der Waals surface area contributed by atoms with E-state index < -0.39 is 0 Å². The molecule has 5 heteroatoms. The highest BCUT2D eigenvalue weighted by atomic mass is 16.5. The quantitative estimate of drug-likeness (QED) is 0.690. The second-order valence-corrected chi connectivity index (χ2v) is 3.82. The fourth-order valence-corrected chi connectivity index (χ4v) is 1.96. The fraction of sp³-hybridized carbons (Fsp3) is 0.909. The Morgan fingerprint density at radius 3 is 2.12 bits per heavy atom. The van der Waals surface area contributed by atoms with Crippen molar-refractivity contribution in [3.8, 4) is 0 Å². The summed E-state index contributed by atoms with van der Waals surface area (Å²) in [4.78, 5) is 13.5. The number of likely N-dealkylation sites (tertiary alicyclic amines) is 1. The molecule has 0 aliphatic carbocycles. The summed E-state index contributed by atoms with van der Waals surface area (Å²) in [6.45, 7) is 6.88. The molecule has 0 radical (unpaired) electrons. The van der Waals surface area contributed by atoms with Gasteiger partial charge in [0.05, 0.1) is 6.54 Å². The minimum atomic E-state index is 0.0192. The van der Waals surface area contributed by atoms with Crippen LogP contribution in [0.3, 0.4) is 0 Å². The van der Waals surface area contributed by atoms with E-state index in [1.807, 2.05) is 13.8 Å². The van der Waals surface area contributed by atoms with Crippen molar-refractivity contribution >= 4 is 5.91 Å². The van der Waals surface area contributed by atoms with E-state index in [-0.39, 0.29) is 18.1 Å². The van der Waals surface area contributed by atoms with Gasteiger partial charge in [0.2, 0.25) is 5.91 Å². The third-order valence-electron chi connectivity index (χ3n) is 2.66. The first-order valence-corrected chi connectivity index (χ1v) is 5.88. The van der Waals surface area contributed by atoms with E-state index in [1.54, 1.807) is 11.9 Å². The number of likely N-dealkylation sites (N-methyl/N-ethyl adjacent to an activating group) is 1. The molecular formula is C11H22N2O3. The topological polar surface area (TPSA) is 50.8 Å². The average molecular weight is 230 g/mol. The van der Waals surface area contributed by atoms with E-state index in [4.69, 9.17) is 9.47 Å². The Kier molecular flexibility index (Phi) is 5.73. The molecule has 0 saturated carbocycles. The van der Waals surface area contributed by atoms with Gasteiger partial charge in [0.15, 0.2) is 0 Å². The molecule has 0 spiro atoms. The standard InChI is InChI=1S/C11H22N2O3/c1-4-15-9-7-13(11(14)6-12-3)8-10(9)16-5-2/h9-10,12H,4-8H2,1-3H3. The number of carbonyl (C=O) groups excluding carboxylic acids is 1. The zero-order valence-electron chi connectivity index (χ0n) is 10.4. The Hall–Kier alpha value is -0.650. The van der Waals surface area contributed by atoms with Crippen LogP contribution in [0.4, 0.5) is 0 Å². The predicted octanol–water partition coefficient (Wildman–Crippen LogP) is -0.142. The number of nitrogens with one attached hydrogen (secondary N) is 1. The van der Waals surface area contributed by atoms with E-state index in [0.717, 1.165) is 0 Å². The Morgan fingerprint density at radius 1 is 1.25 bits per heavy atom. The monoisotopic (exact) mass is 230 g/mol. The number of rotatable bonds is 6. The maximum absolute atomic E-state index is 11.7. The van der Waals surface area contributed by atoms with Crippen LogP contribution in [0, 0.1) is 0 Å². The van der Waals surface area contributed by atoms with Crippen molar-refractivity contribution in [2.45, 2.75) is 26.1 Å². The first-order chi connectivity index (χ1) is 7.72. The van der Waals surface area contributed by atoms with Gasteiger partial charge in [-0.15, -0.1) is 0 Å². The number of hydrogen-bond donors (Lipinski definition) is 1. The Bertz CT molecular complexity index is 209. The Labute approximate surface area is 97.1 Å². The van der Waals surface area contributed by atoms with Crippen LogP contribution in [0.2, 0.25) is 0 Å². The van der Waals surface area contributed by atoms with Crippen LogP contribution < -0.4 is 5.32 Å². The molecule has 1 rings (SSSR count). The van der Waals surface area contributed by atoms with Gasteiger partial charge < -0.3 is 19.7 Å². The van der Waals surface area contributed by atoms with Gasteiger partial charge in [0.25, 0.3) is 0 Å². The minimum Gasteiger partial charge on any atom is -0.374 e. The maximum Gasteiger partial charge on any atom is 0.236 e. The highest BCUT2D eigenvalue weighted by Gasteiger charge is 2.35. The summed E-state index contributed by atoms with van der Waals surface area (Å²) in [6, 6.07) is 0.